The average Bonchev–Trinajstić information content (AvgIpc) is 2.83. The Morgan fingerprint density at radius 3 is 2.64 bits per heavy atom. The van der Waals surface area contributed by atoms with Crippen LogP contribution in [0.4, 0.5) is 0 Å². The van der Waals surface area contributed by atoms with Crippen LogP contribution >= 0.6 is 11.6 Å². The number of imidazole rings is 1. The molecule has 5 heteroatoms. The van der Waals surface area contributed by atoms with E-state index in [0.29, 0.717) is 5.02 Å². The van der Waals surface area contributed by atoms with Gasteiger partial charge in [0.25, 0.3) is 0 Å². The van der Waals surface area contributed by atoms with E-state index in [1.165, 1.54) is 0 Å². The zero-order chi connectivity index (χ0) is 15.7. The molecule has 0 saturated heterocycles. The topological polar surface area (TPSA) is 54.6 Å². The normalized spacial score (nSPS) is 11.4. The number of halogens is 1. The van der Waals surface area contributed by atoms with Crippen LogP contribution < -0.4 is 0 Å². The van der Waals surface area contributed by atoms with Crippen molar-refractivity contribution in [1.29, 1.82) is 0 Å². The minimum atomic E-state index is -0.996. The van der Waals surface area contributed by atoms with Crippen molar-refractivity contribution < 1.29 is 9.90 Å². The van der Waals surface area contributed by atoms with Crippen LogP contribution in [0.3, 0.4) is 0 Å². The lowest BCUT2D eigenvalue weighted by molar-refractivity contribution is -0.131. The number of fused-ring (bicyclic) bond motifs is 1. The fourth-order valence-electron chi connectivity index (χ4n) is 2.30. The first kappa shape index (κ1) is 14.4. The zero-order valence-electron chi connectivity index (χ0n) is 11.8. The van der Waals surface area contributed by atoms with E-state index < -0.39 is 5.97 Å². The lowest BCUT2D eigenvalue weighted by atomic mass is 10.1. The quantitative estimate of drug-likeness (QED) is 0.742. The molecule has 0 atom stereocenters. The van der Waals surface area contributed by atoms with E-state index in [9.17, 15) is 4.79 Å². The van der Waals surface area contributed by atoms with Gasteiger partial charge in [-0.3, -0.25) is 4.40 Å². The molecule has 2 aromatic heterocycles. The van der Waals surface area contributed by atoms with Gasteiger partial charge in [0.2, 0.25) is 0 Å². The molecule has 3 aromatic rings. The summed E-state index contributed by atoms with van der Waals surface area (Å²) >= 11 is 5.92. The Kier molecular flexibility index (Phi) is 3.69. The molecule has 0 aliphatic rings. The number of aryl methyl sites for hydroxylation is 1. The van der Waals surface area contributed by atoms with Crippen molar-refractivity contribution in [1.82, 2.24) is 9.38 Å². The number of hydrogen-bond donors (Lipinski definition) is 1. The van der Waals surface area contributed by atoms with Crippen LogP contribution in [0, 0.1) is 6.92 Å². The molecule has 1 aromatic carbocycles. The maximum Gasteiger partial charge on any atom is 0.328 e. The third-order valence-corrected chi connectivity index (χ3v) is 3.56. The number of aliphatic carboxylic acids is 1. The maximum absolute atomic E-state index is 10.9. The van der Waals surface area contributed by atoms with E-state index in [4.69, 9.17) is 16.7 Å². The summed E-state index contributed by atoms with van der Waals surface area (Å²) in [7, 11) is 0. The van der Waals surface area contributed by atoms with Gasteiger partial charge in [-0.2, -0.15) is 0 Å². The Labute approximate surface area is 132 Å². The van der Waals surface area contributed by atoms with Gasteiger partial charge in [-0.25, -0.2) is 9.78 Å². The van der Waals surface area contributed by atoms with Crippen molar-refractivity contribution in [2.45, 2.75) is 6.92 Å². The van der Waals surface area contributed by atoms with Crippen molar-refractivity contribution in [3.8, 4) is 11.3 Å². The maximum atomic E-state index is 10.9. The Bertz CT molecular complexity index is 880. The Hall–Kier alpha value is -2.59. The molecular weight excluding hydrogens is 300 g/mol. The lowest BCUT2D eigenvalue weighted by Crippen LogP contribution is -1.92. The first-order valence-electron chi connectivity index (χ1n) is 6.70. The van der Waals surface area contributed by atoms with Crippen molar-refractivity contribution >= 4 is 29.3 Å². The van der Waals surface area contributed by atoms with Crippen LogP contribution in [0.5, 0.6) is 0 Å². The van der Waals surface area contributed by atoms with Crippen molar-refractivity contribution in [2.24, 2.45) is 0 Å². The lowest BCUT2D eigenvalue weighted by Gasteiger charge is -2.01. The first-order valence-corrected chi connectivity index (χ1v) is 7.08. The molecule has 0 radical (unpaired) electrons. The highest BCUT2D eigenvalue weighted by Crippen LogP contribution is 2.27. The van der Waals surface area contributed by atoms with Crippen LogP contribution in [0.1, 0.15) is 11.3 Å². The third kappa shape index (κ3) is 2.73. The summed E-state index contributed by atoms with van der Waals surface area (Å²) in [6.07, 6.45) is 4.61. The molecule has 0 bridgehead atoms. The third-order valence-electron chi connectivity index (χ3n) is 3.30. The number of nitrogens with zero attached hydrogens (tertiary/aromatic N) is 2. The van der Waals surface area contributed by atoms with Gasteiger partial charge >= 0.3 is 5.97 Å². The molecule has 2 heterocycles. The molecule has 3 rings (SSSR count). The number of carbonyl (C=O) groups is 1. The van der Waals surface area contributed by atoms with E-state index in [-0.39, 0.29) is 0 Å². The molecule has 0 unspecified atom stereocenters. The smallest absolute Gasteiger partial charge is 0.328 e. The minimum absolute atomic E-state index is 0.644. The highest BCUT2D eigenvalue weighted by molar-refractivity contribution is 6.30. The molecule has 0 spiro atoms. The fraction of sp³-hybridized carbons (Fsp3) is 0.0588. The average molecular weight is 313 g/mol. The summed E-state index contributed by atoms with van der Waals surface area (Å²) in [4.78, 5) is 15.5. The Morgan fingerprint density at radius 2 is 1.95 bits per heavy atom. The summed E-state index contributed by atoms with van der Waals surface area (Å²) in [5.74, 6) is -0.996. The number of aromatic nitrogens is 2. The summed E-state index contributed by atoms with van der Waals surface area (Å²) in [6, 6.07) is 11.2. The van der Waals surface area contributed by atoms with E-state index in [0.717, 1.165) is 34.2 Å². The number of carboxylic acid groups (broad SMARTS) is 1. The summed E-state index contributed by atoms with van der Waals surface area (Å²) in [6.45, 7) is 1.98. The van der Waals surface area contributed by atoms with Crippen LogP contribution in [-0.4, -0.2) is 20.5 Å². The van der Waals surface area contributed by atoms with Crippen LogP contribution in [-0.2, 0) is 4.79 Å². The fourth-order valence-corrected chi connectivity index (χ4v) is 2.42. The van der Waals surface area contributed by atoms with Gasteiger partial charge in [-0.1, -0.05) is 29.8 Å². The monoisotopic (exact) mass is 312 g/mol. The SMILES string of the molecule is Cc1ccc2nc(-c3ccc(Cl)cc3)c(C=CC(=O)O)n2c1. The molecule has 0 fully saturated rings. The summed E-state index contributed by atoms with van der Waals surface area (Å²) < 4.78 is 1.89. The molecule has 4 nitrogen and oxygen atoms in total. The molecule has 0 aliphatic heterocycles. The first-order chi connectivity index (χ1) is 10.5. The van der Waals surface area contributed by atoms with Gasteiger partial charge in [-0.15, -0.1) is 0 Å². The number of rotatable bonds is 3. The van der Waals surface area contributed by atoms with Gasteiger partial charge in [0.15, 0.2) is 0 Å². The zero-order valence-corrected chi connectivity index (χ0v) is 12.6. The minimum Gasteiger partial charge on any atom is -0.478 e. The van der Waals surface area contributed by atoms with Gasteiger partial charge in [0.1, 0.15) is 5.65 Å². The van der Waals surface area contributed by atoms with E-state index in [1.54, 1.807) is 18.2 Å². The second kappa shape index (κ2) is 5.66. The number of benzene rings is 1. The largest absolute Gasteiger partial charge is 0.478 e. The Morgan fingerprint density at radius 1 is 1.23 bits per heavy atom. The molecular formula is C17H13ClN2O2. The van der Waals surface area contributed by atoms with Crippen LogP contribution in [0.2, 0.25) is 5.02 Å². The summed E-state index contributed by atoms with van der Waals surface area (Å²) in [5, 5.41) is 9.55. The molecule has 0 saturated carbocycles. The van der Waals surface area contributed by atoms with Gasteiger partial charge in [-0.05, 0) is 36.8 Å². The van der Waals surface area contributed by atoms with Crippen molar-refractivity contribution in [2.75, 3.05) is 0 Å². The van der Waals surface area contributed by atoms with E-state index in [2.05, 4.69) is 4.98 Å². The molecule has 0 aliphatic carbocycles. The van der Waals surface area contributed by atoms with Crippen LogP contribution in [0.25, 0.3) is 23.0 Å². The Balaban J connectivity index is 2.26. The highest BCUT2D eigenvalue weighted by atomic mass is 35.5. The number of hydrogen-bond acceptors (Lipinski definition) is 2. The predicted molar refractivity (Wildman–Crippen MR) is 87.0 cm³/mol. The molecule has 22 heavy (non-hydrogen) atoms. The number of pyridine rings is 1. The second-order valence-corrected chi connectivity index (χ2v) is 5.40. The second-order valence-electron chi connectivity index (χ2n) is 4.96. The van der Waals surface area contributed by atoms with E-state index in [1.807, 2.05) is 41.8 Å². The molecule has 1 N–H and O–H groups in total. The summed E-state index contributed by atoms with van der Waals surface area (Å²) in [5.41, 5.74) is 4.16. The predicted octanol–water partition coefficient (Wildman–Crippen LogP) is 4.06. The van der Waals surface area contributed by atoms with Crippen molar-refractivity contribution in [3.63, 3.8) is 0 Å². The molecule has 0 amide bonds. The van der Waals surface area contributed by atoms with Crippen molar-refractivity contribution in [3.05, 3.63) is 65.0 Å². The van der Waals surface area contributed by atoms with Crippen LogP contribution in [0.15, 0.2) is 48.7 Å². The highest BCUT2D eigenvalue weighted by Gasteiger charge is 2.12. The number of carboxylic acids is 1. The van der Waals surface area contributed by atoms with Gasteiger partial charge in [0.05, 0.1) is 11.4 Å². The molecule has 110 valence electrons. The standard InChI is InChI=1S/C17H13ClN2O2/c1-11-2-8-15-19-17(12-3-5-13(18)6-4-12)14(20(15)10-11)7-9-16(21)22/h2-10H,1H3,(H,21,22). The van der Waals surface area contributed by atoms with Gasteiger partial charge < -0.3 is 5.11 Å². The van der Waals surface area contributed by atoms with E-state index >= 15 is 0 Å². The van der Waals surface area contributed by atoms with Gasteiger partial charge in [0, 0.05) is 22.9 Å².